The van der Waals surface area contributed by atoms with Crippen molar-refractivity contribution in [1.82, 2.24) is 30.6 Å². The SMILES string of the molecule is O=C(NC[C@]1(O)COCCN(C(=O)c2n[nH]c3c2CCCC3)C1)c1ccn[nH]1. The largest absolute Gasteiger partial charge is 0.384 e. The van der Waals surface area contributed by atoms with E-state index in [1.165, 1.54) is 6.20 Å². The predicted octanol–water partition coefficient (Wildman–Crippen LogP) is -0.355. The van der Waals surface area contributed by atoms with Gasteiger partial charge in [0.15, 0.2) is 5.69 Å². The van der Waals surface area contributed by atoms with E-state index in [1.54, 1.807) is 11.0 Å². The van der Waals surface area contributed by atoms with Crippen molar-refractivity contribution in [3.05, 3.63) is 34.9 Å². The summed E-state index contributed by atoms with van der Waals surface area (Å²) in [5, 5.41) is 27.2. The van der Waals surface area contributed by atoms with Gasteiger partial charge in [0.2, 0.25) is 0 Å². The molecule has 4 N–H and O–H groups in total. The maximum Gasteiger partial charge on any atom is 0.274 e. The van der Waals surface area contributed by atoms with Crippen LogP contribution in [-0.2, 0) is 17.6 Å². The van der Waals surface area contributed by atoms with Crippen LogP contribution in [0.5, 0.6) is 0 Å². The molecule has 4 rings (SSSR count). The summed E-state index contributed by atoms with van der Waals surface area (Å²) in [6, 6.07) is 1.54. The van der Waals surface area contributed by atoms with Crippen molar-refractivity contribution < 1.29 is 19.4 Å². The van der Waals surface area contributed by atoms with E-state index >= 15 is 0 Å². The van der Waals surface area contributed by atoms with Crippen LogP contribution in [0.25, 0.3) is 0 Å². The summed E-state index contributed by atoms with van der Waals surface area (Å²) in [7, 11) is 0. The third kappa shape index (κ3) is 3.78. The Kier molecular flexibility index (Phi) is 5.14. The van der Waals surface area contributed by atoms with Crippen molar-refractivity contribution in [2.75, 3.05) is 32.8 Å². The second kappa shape index (κ2) is 7.72. The van der Waals surface area contributed by atoms with Crippen LogP contribution in [0, 0.1) is 0 Å². The number of aliphatic hydroxyl groups is 1. The first-order chi connectivity index (χ1) is 13.6. The molecule has 1 aliphatic carbocycles. The van der Waals surface area contributed by atoms with Gasteiger partial charge in [-0.05, 0) is 31.7 Å². The average molecular weight is 388 g/mol. The van der Waals surface area contributed by atoms with Gasteiger partial charge < -0.3 is 20.1 Å². The van der Waals surface area contributed by atoms with Crippen LogP contribution in [0.3, 0.4) is 0 Å². The first-order valence-electron chi connectivity index (χ1n) is 9.49. The molecule has 0 bridgehead atoms. The Balaban J connectivity index is 1.45. The molecule has 150 valence electrons. The van der Waals surface area contributed by atoms with E-state index in [0.29, 0.717) is 24.5 Å². The highest BCUT2D eigenvalue weighted by atomic mass is 16.5. The number of nitrogens with zero attached hydrogens (tertiary/aromatic N) is 3. The number of hydrogen-bond acceptors (Lipinski definition) is 6. The van der Waals surface area contributed by atoms with E-state index in [4.69, 9.17) is 4.74 Å². The maximum atomic E-state index is 13.1. The van der Waals surface area contributed by atoms with Gasteiger partial charge in [0.25, 0.3) is 11.8 Å². The summed E-state index contributed by atoms with van der Waals surface area (Å²) in [4.78, 5) is 26.7. The lowest BCUT2D eigenvalue weighted by molar-refractivity contribution is -0.0324. The van der Waals surface area contributed by atoms with E-state index < -0.39 is 5.60 Å². The van der Waals surface area contributed by atoms with Gasteiger partial charge in [-0.2, -0.15) is 10.2 Å². The summed E-state index contributed by atoms with van der Waals surface area (Å²) in [5.74, 6) is -0.599. The molecule has 0 radical (unpaired) electrons. The van der Waals surface area contributed by atoms with Gasteiger partial charge >= 0.3 is 0 Å². The highest BCUT2D eigenvalue weighted by Crippen LogP contribution is 2.24. The first-order valence-corrected chi connectivity index (χ1v) is 9.49. The third-order valence-electron chi connectivity index (χ3n) is 5.23. The number of aryl methyl sites for hydroxylation is 1. The number of H-pyrrole nitrogens is 2. The normalized spacial score (nSPS) is 22.4. The number of rotatable bonds is 4. The van der Waals surface area contributed by atoms with E-state index in [9.17, 15) is 14.7 Å². The molecule has 2 aliphatic rings. The fourth-order valence-corrected chi connectivity index (χ4v) is 3.73. The standard InChI is InChI=1S/C18H24N6O4/c25-16(14-5-6-20-21-14)19-9-18(27)10-24(7-8-28-11-18)17(26)15-12-3-1-2-4-13(12)22-23-15/h5-6,27H,1-4,7-11H2,(H,19,25)(H,20,21)(H,22,23)/t18-/m1/s1. The monoisotopic (exact) mass is 388 g/mol. The summed E-state index contributed by atoms with van der Waals surface area (Å²) < 4.78 is 5.50. The van der Waals surface area contributed by atoms with Gasteiger partial charge in [0.05, 0.1) is 26.3 Å². The van der Waals surface area contributed by atoms with Crippen LogP contribution in [0.4, 0.5) is 0 Å². The summed E-state index contributed by atoms with van der Waals surface area (Å²) in [5.41, 5.74) is 1.35. The number of nitrogens with one attached hydrogen (secondary N) is 3. The molecule has 2 aromatic rings. The number of aromatic nitrogens is 4. The fraction of sp³-hybridized carbons (Fsp3) is 0.556. The molecule has 28 heavy (non-hydrogen) atoms. The van der Waals surface area contributed by atoms with Gasteiger partial charge in [-0.1, -0.05) is 0 Å². The number of β-amino-alcohol motifs (C(OH)–C–C–N with tert-alkyl or cyclic N) is 1. The van der Waals surface area contributed by atoms with E-state index in [0.717, 1.165) is 36.9 Å². The van der Waals surface area contributed by atoms with Gasteiger partial charge in [-0.25, -0.2) is 0 Å². The van der Waals surface area contributed by atoms with Crippen molar-refractivity contribution in [2.45, 2.75) is 31.3 Å². The zero-order chi connectivity index (χ0) is 19.6. The van der Waals surface area contributed by atoms with Crippen molar-refractivity contribution in [3.8, 4) is 0 Å². The summed E-state index contributed by atoms with van der Waals surface area (Å²) in [6.07, 6.45) is 5.35. The second-order valence-electron chi connectivity index (χ2n) is 7.39. The zero-order valence-corrected chi connectivity index (χ0v) is 15.5. The maximum absolute atomic E-state index is 13.1. The molecular weight excluding hydrogens is 364 g/mol. The Bertz CT molecular complexity index is 848. The number of amides is 2. The number of hydrogen-bond donors (Lipinski definition) is 4. The van der Waals surface area contributed by atoms with Crippen molar-refractivity contribution >= 4 is 11.8 Å². The Morgan fingerprint density at radius 1 is 1.32 bits per heavy atom. The highest BCUT2D eigenvalue weighted by Gasteiger charge is 2.36. The number of aromatic amines is 2. The molecule has 2 amide bonds. The van der Waals surface area contributed by atoms with Crippen LogP contribution in [0.2, 0.25) is 0 Å². The predicted molar refractivity (Wildman–Crippen MR) is 97.8 cm³/mol. The smallest absolute Gasteiger partial charge is 0.274 e. The number of ether oxygens (including phenoxy) is 1. The molecule has 1 saturated heterocycles. The molecular formula is C18H24N6O4. The minimum absolute atomic E-state index is 0.0265. The minimum atomic E-state index is -1.39. The second-order valence-corrected chi connectivity index (χ2v) is 7.39. The molecule has 1 aliphatic heterocycles. The van der Waals surface area contributed by atoms with E-state index in [2.05, 4.69) is 25.7 Å². The molecule has 1 atom stereocenters. The number of carbonyl (C=O) groups is 2. The topological polar surface area (TPSA) is 136 Å². The summed E-state index contributed by atoms with van der Waals surface area (Å²) >= 11 is 0. The molecule has 10 heteroatoms. The van der Waals surface area contributed by atoms with Gasteiger partial charge in [-0.15, -0.1) is 0 Å². The van der Waals surface area contributed by atoms with Gasteiger partial charge in [-0.3, -0.25) is 19.8 Å². The molecule has 0 saturated carbocycles. The Labute approximate surface area is 161 Å². The zero-order valence-electron chi connectivity index (χ0n) is 15.5. The van der Waals surface area contributed by atoms with E-state index in [1.807, 2.05) is 0 Å². The molecule has 0 unspecified atom stereocenters. The van der Waals surface area contributed by atoms with Crippen LogP contribution in [-0.4, -0.2) is 80.7 Å². The van der Waals surface area contributed by atoms with Crippen molar-refractivity contribution in [1.29, 1.82) is 0 Å². The van der Waals surface area contributed by atoms with E-state index in [-0.39, 0.29) is 31.5 Å². The number of carbonyl (C=O) groups excluding carboxylic acids is 2. The van der Waals surface area contributed by atoms with Crippen molar-refractivity contribution in [3.63, 3.8) is 0 Å². The Hall–Kier alpha value is -2.72. The average Bonchev–Trinajstić information content (AvgIpc) is 3.34. The van der Waals surface area contributed by atoms with Crippen LogP contribution in [0.1, 0.15) is 45.1 Å². The molecule has 2 aromatic heterocycles. The molecule has 0 spiro atoms. The molecule has 1 fully saturated rings. The van der Waals surface area contributed by atoms with Crippen LogP contribution in [0.15, 0.2) is 12.3 Å². The highest BCUT2D eigenvalue weighted by molar-refractivity contribution is 5.94. The Morgan fingerprint density at radius 3 is 3.00 bits per heavy atom. The number of fused-ring (bicyclic) bond motifs is 1. The first kappa shape index (κ1) is 18.6. The fourth-order valence-electron chi connectivity index (χ4n) is 3.73. The van der Waals surface area contributed by atoms with Gasteiger partial charge in [0, 0.05) is 24.0 Å². The molecule has 0 aromatic carbocycles. The minimum Gasteiger partial charge on any atom is -0.384 e. The Morgan fingerprint density at radius 2 is 2.18 bits per heavy atom. The quantitative estimate of drug-likeness (QED) is 0.565. The summed E-state index contributed by atoms with van der Waals surface area (Å²) in [6.45, 7) is 0.704. The lowest BCUT2D eigenvalue weighted by Crippen LogP contribution is -2.53. The van der Waals surface area contributed by atoms with Gasteiger partial charge in [0.1, 0.15) is 11.3 Å². The van der Waals surface area contributed by atoms with Crippen LogP contribution >= 0.6 is 0 Å². The van der Waals surface area contributed by atoms with Crippen molar-refractivity contribution in [2.24, 2.45) is 0 Å². The lowest BCUT2D eigenvalue weighted by Gasteiger charge is -2.30. The molecule has 3 heterocycles. The van der Waals surface area contributed by atoms with Crippen LogP contribution < -0.4 is 5.32 Å². The molecule has 10 nitrogen and oxygen atoms in total. The lowest BCUT2D eigenvalue weighted by atomic mass is 9.95. The third-order valence-corrected chi connectivity index (χ3v) is 5.23.